The Labute approximate surface area is 233 Å². The summed E-state index contributed by atoms with van der Waals surface area (Å²) in [5, 5.41) is 2.05. The van der Waals surface area contributed by atoms with Crippen LogP contribution in [0.1, 0.15) is 58.9 Å². The summed E-state index contributed by atoms with van der Waals surface area (Å²) in [5.41, 5.74) is 3.78. The van der Waals surface area contributed by atoms with Crippen LogP contribution in [0.25, 0.3) is 0 Å². The molecular weight excluding hydrogens is 507 g/mol. The molecule has 4 aromatic rings. The Bertz CT molecular complexity index is 1350. The molecule has 0 saturated carbocycles. The first-order valence-electron chi connectivity index (χ1n) is 13.6. The molecule has 0 N–H and O–H groups in total. The molecule has 0 aliphatic carbocycles. The number of rotatable bonds is 9. The number of halogens is 1. The normalized spacial score (nSPS) is 14.7. The number of amides is 2. The largest absolute Gasteiger partial charge is 0.333 e. The number of benzene rings is 3. The minimum absolute atomic E-state index is 0.00612. The van der Waals surface area contributed by atoms with Gasteiger partial charge in [0.1, 0.15) is 5.82 Å². The average Bonchev–Trinajstić information content (AvgIpc) is 3.45. The Hall–Kier alpha value is -3.77. The van der Waals surface area contributed by atoms with Crippen molar-refractivity contribution in [3.8, 4) is 0 Å². The lowest BCUT2D eigenvalue weighted by Gasteiger charge is -2.38. The maximum absolute atomic E-state index is 14.2. The number of hydrogen-bond donors (Lipinski definition) is 0. The van der Waals surface area contributed by atoms with Gasteiger partial charge >= 0.3 is 0 Å². The van der Waals surface area contributed by atoms with Crippen LogP contribution in [0.15, 0.2) is 96.4 Å². The second-order valence-corrected chi connectivity index (χ2v) is 11.0. The third-order valence-electron chi connectivity index (χ3n) is 7.40. The number of fused-ring (bicyclic) bond motifs is 1. The van der Waals surface area contributed by atoms with E-state index in [9.17, 15) is 14.0 Å². The summed E-state index contributed by atoms with van der Waals surface area (Å²) in [5.74, 6) is -0.955. The summed E-state index contributed by atoms with van der Waals surface area (Å²) in [6.07, 6.45) is 2.50. The van der Waals surface area contributed by atoms with E-state index in [2.05, 4.69) is 18.4 Å². The Morgan fingerprint density at radius 3 is 2.21 bits per heavy atom. The zero-order valence-corrected chi connectivity index (χ0v) is 22.9. The van der Waals surface area contributed by atoms with Crippen molar-refractivity contribution in [3.63, 3.8) is 0 Å². The number of thiophene rings is 1. The predicted octanol–water partition coefficient (Wildman–Crippen LogP) is 6.82. The number of carbonyl (C=O) groups excluding carboxylic acids is 2. The highest BCUT2D eigenvalue weighted by atomic mass is 32.1. The van der Waals surface area contributed by atoms with Gasteiger partial charge in [-0.05, 0) is 58.7 Å². The van der Waals surface area contributed by atoms with Gasteiger partial charge in [0.2, 0.25) is 11.8 Å². The van der Waals surface area contributed by atoms with Crippen molar-refractivity contribution >= 4 is 23.2 Å². The average molecular weight is 541 g/mol. The first kappa shape index (κ1) is 26.8. The van der Waals surface area contributed by atoms with Gasteiger partial charge in [-0.2, -0.15) is 0 Å². The van der Waals surface area contributed by atoms with E-state index in [1.807, 2.05) is 65.6 Å². The standard InChI is InChI=1S/C33H33FN2O2S/c1-2-3-20-35(33(38)31(24-10-6-4-7-11-24)25-12-8-5-9-13-25)23-30(37)36-21-18-29-28(19-22-39-29)32(36)26-14-16-27(34)17-15-26/h4-17,19,22,31-32H,2-3,18,20-21,23H2,1H3. The first-order chi connectivity index (χ1) is 19.1. The molecule has 5 rings (SSSR count). The van der Waals surface area contributed by atoms with Crippen LogP contribution in [-0.2, 0) is 16.0 Å². The van der Waals surface area contributed by atoms with E-state index in [4.69, 9.17) is 0 Å². The number of carbonyl (C=O) groups is 2. The highest BCUT2D eigenvalue weighted by molar-refractivity contribution is 7.10. The van der Waals surface area contributed by atoms with E-state index in [1.165, 1.54) is 17.0 Å². The molecule has 0 saturated heterocycles. The maximum Gasteiger partial charge on any atom is 0.242 e. The van der Waals surface area contributed by atoms with Crippen LogP contribution >= 0.6 is 11.3 Å². The molecule has 1 aliphatic rings. The summed E-state index contributed by atoms with van der Waals surface area (Å²) in [6.45, 7) is 3.16. The van der Waals surface area contributed by atoms with Crippen LogP contribution in [0.2, 0.25) is 0 Å². The lowest BCUT2D eigenvalue weighted by Crippen LogP contribution is -2.48. The molecule has 0 bridgehead atoms. The molecule has 1 aliphatic heterocycles. The molecule has 2 amide bonds. The second kappa shape index (κ2) is 12.4. The van der Waals surface area contributed by atoms with Crippen LogP contribution < -0.4 is 0 Å². The molecule has 200 valence electrons. The van der Waals surface area contributed by atoms with Crippen molar-refractivity contribution in [2.75, 3.05) is 19.6 Å². The molecule has 2 heterocycles. The fourth-order valence-electron chi connectivity index (χ4n) is 5.41. The number of nitrogens with zero attached hydrogens (tertiary/aromatic N) is 2. The van der Waals surface area contributed by atoms with E-state index in [1.54, 1.807) is 28.4 Å². The summed E-state index contributed by atoms with van der Waals surface area (Å²) in [6, 6.07) is 27.7. The van der Waals surface area contributed by atoms with Gasteiger partial charge in [-0.25, -0.2) is 4.39 Å². The molecule has 1 aromatic heterocycles. The molecule has 1 atom stereocenters. The minimum Gasteiger partial charge on any atom is -0.333 e. The quantitative estimate of drug-likeness (QED) is 0.234. The first-order valence-corrected chi connectivity index (χ1v) is 14.4. The van der Waals surface area contributed by atoms with Crippen LogP contribution in [0, 0.1) is 5.82 Å². The zero-order valence-electron chi connectivity index (χ0n) is 22.1. The van der Waals surface area contributed by atoms with Gasteiger partial charge in [-0.1, -0.05) is 86.1 Å². The smallest absolute Gasteiger partial charge is 0.242 e. The fourth-order valence-corrected chi connectivity index (χ4v) is 6.31. The van der Waals surface area contributed by atoms with Crippen molar-refractivity contribution in [2.24, 2.45) is 0 Å². The summed E-state index contributed by atoms with van der Waals surface area (Å²) < 4.78 is 13.8. The molecule has 4 nitrogen and oxygen atoms in total. The van der Waals surface area contributed by atoms with Crippen molar-refractivity contribution in [2.45, 2.75) is 38.1 Å². The Morgan fingerprint density at radius 2 is 1.59 bits per heavy atom. The maximum atomic E-state index is 14.2. The van der Waals surface area contributed by atoms with Crippen molar-refractivity contribution in [1.29, 1.82) is 0 Å². The Kier molecular flexibility index (Phi) is 8.52. The van der Waals surface area contributed by atoms with Crippen molar-refractivity contribution in [1.82, 2.24) is 9.80 Å². The van der Waals surface area contributed by atoms with E-state index in [0.29, 0.717) is 13.1 Å². The lowest BCUT2D eigenvalue weighted by molar-refractivity contribution is -0.142. The SMILES string of the molecule is CCCCN(CC(=O)N1CCc2sccc2C1c1ccc(F)cc1)C(=O)C(c1ccccc1)c1ccccc1. The van der Waals surface area contributed by atoms with E-state index >= 15 is 0 Å². The van der Waals surface area contributed by atoms with Gasteiger partial charge in [0.05, 0.1) is 18.5 Å². The van der Waals surface area contributed by atoms with E-state index < -0.39 is 5.92 Å². The third-order valence-corrected chi connectivity index (χ3v) is 8.40. The zero-order chi connectivity index (χ0) is 27.2. The molecule has 3 aromatic carbocycles. The second-order valence-electron chi connectivity index (χ2n) is 9.96. The Balaban J connectivity index is 1.46. The van der Waals surface area contributed by atoms with Crippen LogP contribution in [0.4, 0.5) is 4.39 Å². The summed E-state index contributed by atoms with van der Waals surface area (Å²) in [7, 11) is 0. The monoisotopic (exact) mass is 540 g/mol. The minimum atomic E-state index is -0.491. The molecule has 0 fully saturated rings. The van der Waals surface area contributed by atoms with Gasteiger partial charge in [-0.3, -0.25) is 9.59 Å². The fraction of sp³-hybridized carbons (Fsp3) is 0.273. The Morgan fingerprint density at radius 1 is 0.949 bits per heavy atom. The van der Waals surface area contributed by atoms with Gasteiger partial charge in [0.15, 0.2) is 0 Å². The highest BCUT2D eigenvalue weighted by Crippen LogP contribution is 2.38. The van der Waals surface area contributed by atoms with Crippen LogP contribution in [-0.4, -0.2) is 41.2 Å². The predicted molar refractivity (Wildman–Crippen MR) is 154 cm³/mol. The van der Waals surface area contributed by atoms with Crippen LogP contribution in [0.3, 0.4) is 0 Å². The molecule has 0 radical (unpaired) electrons. The summed E-state index contributed by atoms with van der Waals surface area (Å²) in [4.78, 5) is 33.1. The molecule has 1 unspecified atom stereocenters. The van der Waals surface area contributed by atoms with Crippen molar-refractivity contribution < 1.29 is 14.0 Å². The van der Waals surface area contributed by atoms with Crippen molar-refractivity contribution in [3.05, 3.63) is 129 Å². The van der Waals surface area contributed by atoms with Gasteiger partial charge in [0, 0.05) is 18.0 Å². The van der Waals surface area contributed by atoms with Gasteiger partial charge in [-0.15, -0.1) is 11.3 Å². The van der Waals surface area contributed by atoms with E-state index in [0.717, 1.165) is 41.5 Å². The highest BCUT2D eigenvalue weighted by Gasteiger charge is 2.35. The lowest BCUT2D eigenvalue weighted by atomic mass is 9.89. The molecule has 6 heteroatoms. The topological polar surface area (TPSA) is 40.6 Å². The van der Waals surface area contributed by atoms with Crippen LogP contribution in [0.5, 0.6) is 0 Å². The molecule has 0 spiro atoms. The molecular formula is C33H33FN2O2S. The number of unbranched alkanes of at least 4 members (excludes halogenated alkanes) is 1. The molecule has 39 heavy (non-hydrogen) atoms. The van der Waals surface area contributed by atoms with E-state index in [-0.39, 0.29) is 30.2 Å². The van der Waals surface area contributed by atoms with Gasteiger partial charge < -0.3 is 9.80 Å². The number of hydrogen-bond acceptors (Lipinski definition) is 3. The van der Waals surface area contributed by atoms with Gasteiger partial charge in [0.25, 0.3) is 0 Å². The third kappa shape index (κ3) is 5.96. The summed E-state index contributed by atoms with van der Waals surface area (Å²) >= 11 is 1.69.